The van der Waals surface area contributed by atoms with E-state index < -0.39 is 0 Å². The fourth-order valence-corrected chi connectivity index (χ4v) is 1.48. The molecule has 0 unspecified atom stereocenters. The van der Waals surface area contributed by atoms with Crippen LogP contribution in [-0.2, 0) is 0 Å². The zero-order chi connectivity index (χ0) is 9.84. The summed E-state index contributed by atoms with van der Waals surface area (Å²) in [5, 5.41) is 9.95. The number of hydrogen-bond donors (Lipinski definition) is 2. The van der Waals surface area contributed by atoms with E-state index in [1.54, 1.807) is 12.1 Å². The molecule has 0 saturated heterocycles. The minimum Gasteiger partial charge on any atom is -0.506 e. The molecule has 4 heteroatoms. The minimum absolute atomic E-state index is 0. The predicted molar refractivity (Wildman–Crippen MR) is 62.2 cm³/mol. The highest BCUT2D eigenvalue weighted by atomic mass is 35.5. The van der Waals surface area contributed by atoms with E-state index in [4.69, 9.17) is 17.3 Å². The van der Waals surface area contributed by atoms with E-state index in [-0.39, 0.29) is 24.2 Å². The van der Waals surface area contributed by atoms with Gasteiger partial charge in [-0.25, -0.2) is 0 Å². The second-order valence-electron chi connectivity index (χ2n) is 3.07. The van der Waals surface area contributed by atoms with Crippen LogP contribution in [0.2, 0.25) is 5.02 Å². The van der Waals surface area contributed by atoms with E-state index in [0.29, 0.717) is 5.02 Å². The first kappa shape index (κ1) is 13.6. The molecule has 1 atom stereocenters. The lowest BCUT2D eigenvalue weighted by Crippen LogP contribution is -2.09. The van der Waals surface area contributed by atoms with Gasteiger partial charge in [-0.05, 0) is 12.5 Å². The maximum absolute atomic E-state index is 9.58. The molecule has 0 heterocycles. The Morgan fingerprint density at radius 3 is 2.71 bits per heavy atom. The summed E-state index contributed by atoms with van der Waals surface area (Å²) in [4.78, 5) is 0. The van der Waals surface area contributed by atoms with Gasteiger partial charge in [0.05, 0.1) is 5.02 Å². The van der Waals surface area contributed by atoms with E-state index in [1.165, 1.54) is 0 Å². The molecule has 1 aromatic rings. The second-order valence-corrected chi connectivity index (χ2v) is 3.48. The van der Waals surface area contributed by atoms with Crippen LogP contribution in [-0.4, -0.2) is 5.11 Å². The largest absolute Gasteiger partial charge is 0.506 e. The zero-order valence-corrected chi connectivity index (χ0v) is 9.61. The van der Waals surface area contributed by atoms with Crippen LogP contribution in [0, 0.1) is 0 Å². The van der Waals surface area contributed by atoms with E-state index in [9.17, 15) is 5.11 Å². The van der Waals surface area contributed by atoms with Crippen molar-refractivity contribution >= 4 is 24.0 Å². The van der Waals surface area contributed by atoms with Gasteiger partial charge in [-0.3, -0.25) is 0 Å². The second kappa shape index (κ2) is 6.12. The van der Waals surface area contributed by atoms with Crippen molar-refractivity contribution < 1.29 is 5.11 Å². The third-order valence-corrected chi connectivity index (χ3v) is 2.32. The number of phenols is 1. The van der Waals surface area contributed by atoms with E-state index in [0.717, 1.165) is 18.4 Å². The molecular formula is C10H15Cl2NO. The molecule has 3 N–H and O–H groups in total. The van der Waals surface area contributed by atoms with Gasteiger partial charge in [0.15, 0.2) is 0 Å². The molecule has 1 rings (SSSR count). The summed E-state index contributed by atoms with van der Waals surface area (Å²) in [5.74, 6) is 0.116. The Hall–Kier alpha value is -0.440. The van der Waals surface area contributed by atoms with Crippen molar-refractivity contribution in [2.75, 3.05) is 0 Å². The van der Waals surface area contributed by atoms with Crippen LogP contribution in [0.1, 0.15) is 31.4 Å². The summed E-state index contributed by atoms with van der Waals surface area (Å²) >= 11 is 5.75. The molecule has 0 fully saturated rings. The summed E-state index contributed by atoms with van der Waals surface area (Å²) in [5.41, 5.74) is 6.59. The van der Waals surface area contributed by atoms with Crippen LogP contribution in [0.3, 0.4) is 0 Å². The third kappa shape index (κ3) is 3.05. The normalized spacial score (nSPS) is 11.9. The topological polar surface area (TPSA) is 46.2 Å². The Labute approximate surface area is 95.5 Å². The smallest absolute Gasteiger partial charge is 0.138 e. The number of para-hydroxylation sites is 1. The van der Waals surface area contributed by atoms with Crippen LogP contribution in [0.15, 0.2) is 18.2 Å². The van der Waals surface area contributed by atoms with E-state index in [1.807, 2.05) is 6.07 Å². The lowest BCUT2D eigenvalue weighted by molar-refractivity contribution is 0.458. The Bertz CT molecular complexity index is 291. The Morgan fingerprint density at radius 2 is 2.14 bits per heavy atom. The zero-order valence-electron chi connectivity index (χ0n) is 8.03. The average molecular weight is 236 g/mol. The van der Waals surface area contributed by atoms with Gasteiger partial charge in [0, 0.05) is 11.6 Å². The van der Waals surface area contributed by atoms with Gasteiger partial charge < -0.3 is 10.8 Å². The molecule has 0 bridgehead atoms. The van der Waals surface area contributed by atoms with Crippen molar-refractivity contribution in [2.45, 2.75) is 25.8 Å². The number of hydrogen-bond acceptors (Lipinski definition) is 2. The van der Waals surface area contributed by atoms with Gasteiger partial charge in [0.1, 0.15) is 5.75 Å². The van der Waals surface area contributed by atoms with Crippen LogP contribution < -0.4 is 5.73 Å². The maximum Gasteiger partial charge on any atom is 0.138 e. The molecule has 0 radical (unpaired) electrons. The first-order chi connectivity index (χ1) is 6.16. The third-order valence-electron chi connectivity index (χ3n) is 2.02. The summed E-state index contributed by atoms with van der Waals surface area (Å²) in [7, 11) is 0. The van der Waals surface area contributed by atoms with Crippen LogP contribution >= 0.6 is 24.0 Å². The summed E-state index contributed by atoms with van der Waals surface area (Å²) in [6.07, 6.45) is 1.85. The number of halogens is 2. The molecule has 0 amide bonds. The predicted octanol–water partition coefficient (Wildman–Crippen LogP) is 3.27. The maximum atomic E-state index is 9.58. The van der Waals surface area contributed by atoms with Crippen molar-refractivity contribution in [3.8, 4) is 5.75 Å². The summed E-state index contributed by atoms with van der Waals surface area (Å²) in [6.45, 7) is 2.06. The van der Waals surface area contributed by atoms with Gasteiger partial charge in [0.25, 0.3) is 0 Å². The average Bonchev–Trinajstić information content (AvgIpc) is 2.10. The SMILES string of the molecule is CCC[C@@H](N)c1cccc(Cl)c1O.Cl. The number of aromatic hydroxyl groups is 1. The van der Waals surface area contributed by atoms with Crippen LogP contribution in [0.25, 0.3) is 0 Å². The van der Waals surface area contributed by atoms with Crippen LogP contribution in [0.4, 0.5) is 0 Å². The van der Waals surface area contributed by atoms with Crippen molar-refractivity contribution in [1.82, 2.24) is 0 Å². The molecule has 2 nitrogen and oxygen atoms in total. The molecule has 0 aliphatic carbocycles. The fraction of sp³-hybridized carbons (Fsp3) is 0.400. The lowest BCUT2D eigenvalue weighted by Gasteiger charge is -2.12. The fourth-order valence-electron chi connectivity index (χ4n) is 1.30. The molecule has 0 spiro atoms. The summed E-state index contributed by atoms with van der Waals surface area (Å²) in [6, 6.07) is 5.14. The number of phenolic OH excluding ortho intramolecular Hbond substituents is 1. The minimum atomic E-state index is -0.122. The standard InChI is InChI=1S/C10H14ClNO.ClH/c1-2-4-9(12)7-5-3-6-8(11)10(7)13;/h3,5-6,9,13H,2,4,12H2,1H3;1H/t9-;/m1./s1. The molecule has 0 aliphatic rings. The van der Waals surface area contributed by atoms with Gasteiger partial charge in [-0.15, -0.1) is 12.4 Å². The first-order valence-corrected chi connectivity index (χ1v) is 4.77. The molecule has 1 aromatic carbocycles. The monoisotopic (exact) mass is 235 g/mol. The molecular weight excluding hydrogens is 221 g/mol. The Morgan fingerprint density at radius 1 is 1.50 bits per heavy atom. The molecule has 0 aromatic heterocycles. The van der Waals surface area contributed by atoms with Crippen molar-refractivity contribution in [2.24, 2.45) is 5.73 Å². The lowest BCUT2D eigenvalue weighted by atomic mass is 10.0. The van der Waals surface area contributed by atoms with Crippen molar-refractivity contribution in [1.29, 1.82) is 0 Å². The van der Waals surface area contributed by atoms with E-state index in [2.05, 4.69) is 6.92 Å². The Balaban J connectivity index is 0.00000169. The quantitative estimate of drug-likeness (QED) is 0.845. The van der Waals surface area contributed by atoms with Crippen LogP contribution in [0.5, 0.6) is 5.75 Å². The number of nitrogens with two attached hydrogens (primary N) is 1. The van der Waals surface area contributed by atoms with Gasteiger partial charge in [-0.1, -0.05) is 37.1 Å². The highest BCUT2D eigenvalue weighted by molar-refractivity contribution is 6.32. The molecule has 14 heavy (non-hydrogen) atoms. The number of benzene rings is 1. The van der Waals surface area contributed by atoms with Crippen molar-refractivity contribution in [3.05, 3.63) is 28.8 Å². The number of rotatable bonds is 3. The van der Waals surface area contributed by atoms with Gasteiger partial charge in [0.2, 0.25) is 0 Å². The van der Waals surface area contributed by atoms with Crippen molar-refractivity contribution in [3.63, 3.8) is 0 Å². The van der Waals surface area contributed by atoms with E-state index >= 15 is 0 Å². The first-order valence-electron chi connectivity index (χ1n) is 4.39. The molecule has 80 valence electrons. The van der Waals surface area contributed by atoms with Gasteiger partial charge >= 0.3 is 0 Å². The highest BCUT2D eigenvalue weighted by Gasteiger charge is 2.11. The molecule has 0 saturated carbocycles. The van der Waals surface area contributed by atoms with Gasteiger partial charge in [-0.2, -0.15) is 0 Å². The molecule has 0 aliphatic heterocycles. The summed E-state index contributed by atoms with van der Waals surface area (Å²) < 4.78 is 0. The highest BCUT2D eigenvalue weighted by Crippen LogP contribution is 2.31. The Kier molecular flexibility index (Phi) is 5.93.